The van der Waals surface area contributed by atoms with E-state index in [2.05, 4.69) is 28.2 Å². The Balaban J connectivity index is 2.19. The van der Waals surface area contributed by atoms with Gasteiger partial charge in [0.2, 0.25) is 0 Å². The summed E-state index contributed by atoms with van der Waals surface area (Å²) in [6.45, 7) is 3.02. The lowest BCUT2D eigenvalue weighted by Crippen LogP contribution is -2.23. The first kappa shape index (κ1) is 14.3. The summed E-state index contributed by atoms with van der Waals surface area (Å²) in [7, 11) is 0. The van der Waals surface area contributed by atoms with Gasteiger partial charge in [-0.3, -0.25) is 0 Å². The number of rotatable bonds is 6. The molecule has 1 fully saturated rings. The predicted molar refractivity (Wildman–Crippen MR) is 77.5 cm³/mol. The lowest BCUT2D eigenvalue weighted by Gasteiger charge is -2.20. The van der Waals surface area contributed by atoms with Crippen molar-refractivity contribution in [2.24, 2.45) is 5.92 Å². The Labute approximate surface area is 121 Å². The highest BCUT2D eigenvalue weighted by molar-refractivity contribution is 9.10. The van der Waals surface area contributed by atoms with Gasteiger partial charge in [0.1, 0.15) is 5.82 Å². The van der Waals surface area contributed by atoms with Crippen molar-refractivity contribution in [2.75, 3.05) is 6.54 Å². The zero-order valence-electron chi connectivity index (χ0n) is 10.5. The first-order chi connectivity index (χ1) is 8.63. The molecule has 0 aliphatic heterocycles. The largest absolute Gasteiger partial charge is 0.310 e. The molecule has 0 radical (unpaired) electrons. The number of nitrogens with one attached hydrogen (secondary N) is 1. The van der Waals surface area contributed by atoms with E-state index < -0.39 is 0 Å². The van der Waals surface area contributed by atoms with Crippen LogP contribution in [0, 0.1) is 11.7 Å². The van der Waals surface area contributed by atoms with Gasteiger partial charge in [0.15, 0.2) is 0 Å². The Bertz CT molecular complexity index is 421. The standard InChI is InChI=1S/C14H18BrClFN/c1-2-7-18-12(8-9-3-4-9)10-5-6-11(15)13(16)14(10)17/h5-6,9,12,18H,2-4,7-8H2,1H3. The summed E-state index contributed by atoms with van der Waals surface area (Å²) >= 11 is 9.22. The molecule has 1 aromatic carbocycles. The zero-order chi connectivity index (χ0) is 13.1. The van der Waals surface area contributed by atoms with Crippen LogP contribution in [0.5, 0.6) is 0 Å². The molecule has 4 heteroatoms. The Hall–Kier alpha value is -0.120. The monoisotopic (exact) mass is 333 g/mol. The van der Waals surface area contributed by atoms with Crippen molar-refractivity contribution >= 4 is 27.5 Å². The molecule has 1 aliphatic carbocycles. The van der Waals surface area contributed by atoms with E-state index in [1.54, 1.807) is 0 Å². The average Bonchev–Trinajstić information content (AvgIpc) is 3.16. The first-order valence-corrected chi connectivity index (χ1v) is 7.67. The summed E-state index contributed by atoms with van der Waals surface area (Å²) in [5.74, 6) is 0.460. The summed E-state index contributed by atoms with van der Waals surface area (Å²) in [5, 5.41) is 3.62. The fourth-order valence-corrected chi connectivity index (χ4v) is 2.61. The van der Waals surface area contributed by atoms with Crippen LogP contribution in [0.4, 0.5) is 4.39 Å². The highest BCUT2D eigenvalue weighted by Crippen LogP contribution is 2.39. The predicted octanol–water partition coefficient (Wildman–Crippen LogP) is 5.08. The van der Waals surface area contributed by atoms with E-state index >= 15 is 0 Å². The van der Waals surface area contributed by atoms with Crippen LogP contribution in [0.15, 0.2) is 16.6 Å². The molecule has 0 amide bonds. The maximum absolute atomic E-state index is 14.2. The minimum atomic E-state index is -0.291. The number of hydrogen-bond acceptors (Lipinski definition) is 1. The van der Waals surface area contributed by atoms with Gasteiger partial charge in [-0.05, 0) is 47.3 Å². The molecule has 1 N–H and O–H groups in total. The van der Waals surface area contributed by atoms with Gasteiger partial charge in [0, 0.05) is 16.1 Å². The summed E-state index contributed by atoms with van der Waals surface area (Å²) in [5.41, 5.74) is 0.698. The van der Waals surface area contributed by atoms with Crippen molar-refractivity contribution in [1.82, 2.24) is 5.32 Å². The molecule has 0 bridgehead atoms. The Kier molecular flexibility index (Phi) is 5.05. The molecule has 0 saturated heterocycles. The van der Waals surface area contributed by atoms with Gasteiger partial charge >= 0.3 is 0 Å². The molecular formula is C14H18BrClFN. The fourth-order valence-electron chi connectivity index (χ4n) is 2.14. The molecule has 1 saturated carbocycles. The van der Waals surface area contributed by atoms with Crippen molar-refractivity contribution in [3.63, 3.8) is 0 Å². The van der Waals surface area contributed by atoms with Crippen LogP contribution in [0.3, 0.4) is 0 Å². The summed E-state index contributed by atoms with van der Waals surface area (Å²) in [4.78, 5) is 0. The van der Waals surface area contributed by atoms with Crippen LogP contribution in [0.2, 0.25) is 5.02 Å². The van der Waals surface area contributed by atoms with E-state index in [1.807, 2.05) is 12.1 Å². The second-order valence-electron chi connectivity index (χ2n) is 4.95. The minimum Gasteiger partial charge on any atom is -0.310 e. The van der Waals surface area contributed by atoms with Gasteiger partial charge in [0.05, 0.1) is 5.02 Å². The number of hydrogen-bond donors (Lipinski definition) is 1. The Morgan fingerprint density at radius 3 is 2.83 bits per heavy atom. The normalized spacial score (nSPS) is 16.9. The second kappa shape index (κ2) is 6.36. The lowest BCUT2D eigenvalue weighted by molar-refractivity contribution is 0.453. The highest BCUT2D eigenvalue weighted by Gasteiger charge is 2.28. The minimum absolute atomic E-state index is 0.0862. The summed E-state index contributed by atoms with van der Waals surface area (Å²) in [6, 6.07) is 3.75. The maximum atomic E-state index is 14.2. The molecule has 1 aromatic rings. The van der Waals surface area contributed by atoms with Crippen molar-refractivity contribution < 1.29 is 4.39 Å². The first-order valence-electron chi connectivity index (χ1n) is 6.50. The van der Waals surface area contributed by atoms with E-state index in [9.17, 15) is 4.39 Å². The molecule has 2 rings (SSSR count). The molecule has 0 heterocycles. The van der Waals surface area contributed by atoms with Crippen LogP contribution >= 0.6 is 27.5 Å². The number of benzene rings is 1. The second-order valence-corrected chi connectivity index (χ2v) is 6.18. The van der Waals surface area contributed by atoms with Gasteiger partial charge in [0.25, 0.3) is 0 Å². The van der Waals surface area contributed by atoms with Crippen LogP contribution in [-0.4, -0.2) is 6.54 Å². The third-order valence-corrected chi connectivity index (χ3v) is 4.61. The van der Waals surface area contributed by atoms with Crippen LogP contribution < -0.4 is 5.32 Å². The smallest absolute Gasteiger partial charge is 0.147 e. The Morgan fingerprint density at radius 2 is 2.22 bits per heavy atom. The zero-order valence-corrected chi connectivity index (χ0v) is 12.8. The van der Waals surface area contributed by atoms with Crippen molar-refractivity contribution in [3.05, 3.63) is 33.0 Å². The maximum Gasteiger partial charge on any atom is 0.147 e. The van der Waals surface area contributed by atoms with Gasteiger partial charge in [-0.25, -0.2) is 4.39 Å². The lowest BCUT2D eigenvalue weighted by atomic mass is 10.0. The summed E-state index contributed by atoms with van der Waals surface area (Å²) in [6.07, 6.45) is 4.61. The Morgan fingerprint density at radius 1 is 1.50 bits per heavy atom. The van der Waals surface area contributed by atoms with Crippen LogP contribution in [-0.2, 0) is 0 Å². The highest BCUT2D eigenvalue weighted by atomic mass is 79.9. The SMILES string of the molecule is CCCNC(CC1CC1)c1ccc(Br)c(Cl)c1F. The van der Waals surface area contributed by atoms with Gasteiger partial charge in [-0.2, -0.15) is 0 Å². The van der Waals surface area contributed by atoms with Crippen LogP contribution in [0.25, 0.3) is 0 Å². The molecule has 1 atom stereocenters. The third kappa shape index (κ3) is 3.46. The van der Waals surface area contributed by atoms with Crippen molar-refractivity contribution in [1.29, 1.82) is 0 Å². The van der Waals surface area contributed by atoms with E-state index in [1.165, 1.54) is 12.8 Å². The quantitative estimate of drug-likeness (QED) is 0.715. The third-order valence-electron chi connectivity index (χ3n) is 3.35. The van der Waals surface area contributed by atoms with E-state index in [0.717, 1.165) is 25.3 Å². The molecular weight excluding hydrogens is 317 g/mol. The molecule has 0 spiro atoms. The summed E-state index contributed by atoms with van der Waals surface area (Å²) < 4.78 is 14.8. The van der Waals surface area contributed by atoms with E-state index in [4.69, 9.17) is 11.6 Å². The molecule has 1 nitrogen and oxygen atoms in total. The van der Waals surface area contributed by atoms with E-state index in [-0.39, 0.29) is 16.9 Å². The molecule has 100 valence electrons. The molecule has 1 unspecified atom stereocenters. The van der Waals surface area contributed by atoms with Crippen molar-refractivity contribution in [3.8, 4) is 0 Å². The van der Waals surface area contributed by atoms with Gasteiger partial charge < -0.3 is 5.32 Å². The fraction of sp³-hybridized carbons (Fsp3) is 0.571. The topological polar surface area (TPSA) is 12.0 Å². The van der Waals surface area contributed by atoms with Crippen LogP contribution in [0.1, 0.15) is 44.2 Å². The van der Waals surface area contributed by atoms with E-state index in [0.29, 0.717) is 10.0 Å². The van der Waals surface area contributed by atoms with Gasteiger partial charge in [-0.1, -0.05) is 37.4 Å². The van der Waals surface area contributed by atoms with Gasteiger partial charge in [-0.15, -0.1) is 0 Å². The molecule has 0 aromatic heterocycles. The number of halogens is 3. The molecule has 1 aliphatic rings. The molecule has 18 heavy (non-hydrogen) atoms. The average molecular weight is 335 g/mol. The van der Waals surface area contributed by atoms with Crippen molar-refractivity contribution in [2.45, 2.75) is 38.6 Å².